The van der Waals surface area contributed by atoms with Crippen molar-refractivity contribution in [1.82, 2.24) is 10.2 Å². The molecule has 0 aliphatic rings. The molecule has 98 valence electrons. The molecule has 19 heavy (non-hydrogen) atoms. The second kappa shape index (κ2) is 6.59. The summed E-state index contributed by atoms with van der Waals surface area (Å²) < 4.78 is 0. The number of amides is 2. The molecule has 2 aromatic carbocycles. The standard InChI is InChI=1S/C16H18N2O/c1-17-16(19)18(12-14-8-4-2-5-9-14)13-15-10-6-3-7-11-15/h2-11H,12-13H2,1H3,(H,17,19). The van der Waals surface area contributed by atoms with Crippen LogP contribution in [0, 0.1) is 0 Å². The predicted molar refractivity (Wildman–Crippen MR) is 76.6 cm³/mol. The molecule has 0 radical (unpaired) electrons. The Balaban J connectivity index is 2.10. The van der Waals surface area contributed by atoms with Crippen LogP contribution < -0.4 is 5.32 Å². The molecule has 2 aromatic rings. The van der Waals surface area contributed by atoms with Gasteiger partial charge in [0.25, 0.3) is 0 Å². The Labute approximate surface area is 113 Å². The summed E-state index contributed by atoms with van der Waals surface area (Å²) in [6.45, 7) is 1.21. The highest BCUT2D eigenvalue weighted by molar-refractivity contribution is 5.73. The van der Waals surface area contributed by atoms with E-state index in [9.17, 15) is 4.79 Å². The number of hydrogen-bond donors (Lipinski definition) is 1. The number of nitrogens with one attached hydrogen (secondary N) is 1. The first-order chi connectivity index (χ1) is 9.29. The first-order valence-electron chi connectivity index (χ1n) is 6.34. The Morgan fingerprint density at radius 2 is 1.32 bits per heavy atom. The zero-order valence-corrected chi connectivity index (χ0v) is 11.0. The molecule has 0 atom stereocenters. The lowest BCUT2D eigenvalue weighted by Gasteiger charge is -2.22. The maximum Gasteiger partial charge on any atom is 0.317 e. The summed E-state index contributed by atoms with van der Waals surface area (Å²) in [7, 11) is 1.66. The van der Waals surface area contributed by atoms with Crippen LogP contribution >= 0.6 is 0 Å². The van der Waals surface area contributed by atoms with E-state index in [1.54, 1.807) is 11.9 Å². The highest BCUT2D eigenvalue weighted by Gasteiger charge is 2.12. The predicted octanol–water partition coefficient (Wildman–Crippen LogP) is 3.03. The number of carbonyl (C=O) groups is 1. The zero-order chi connectivity index (χ0) is 13.5. The van der Waals surface area contributed by atoms with Gasteiger partial charge in [-0.2, -0.15) is 0 Å². The van der Waals surface area contributed by atoms with E-state index in [0.717, 1.165) is 11.1 Å². The van der Waals surface area contributed by atoms with Crippen LogP contribution in [0.15, 0.2) is 60.7 Å². The molecule has 3 nitrogen and oxygen atoms in total. The number of nitrogens with zero attached hydrogens (tertiary/aromatic N) is 1. The van der Waals surface area contributed by atoms with Crippen molar-refractivity contribution in [3.63, 3.8) is 0 Å². The monoisotopic (exact) mass is 254 g/mol. The van der Waals surface area contributed by atoms with Crippen LogP contribution in [0.1, 0.15) is 11.1 Å². The minimum atomic E-state index is -0.0623. The van der Waals surface area contributed by atoms with Crippen LogP contribution in [0.5, 0.6) is 0 Å². The molecule has 0 heterocycles. The third-order valence-electron chi connectivity index (χ3n) is 2.93. The van der Waals surface area contributed by atoms with E-state index in [4.69, 9.17) is 0 Å². The summed E-state index contributed by atoms with van der Waals surface area (Å²) >= 11 is 0. The van der Waals surface area contributed by atoms with Crippen molar-refractivity contribution in [3.05, 3.63) is 71.8 Å². The maximum absolute atomic E-state index is 11.9. The van der Waals surface area contributed by atoms with Crippen LogP contribution in [-0.2, 0) is 13.1 Å². The summed E-state index contributed by atoms with van der Waals surface area (Å²) in [5, 5.41) is 2.69. The summed E-state index contributed by atoms with van der Waals surface area (Å²) in [5.74, 6) is 0. The average molecular weight is 254 g/mol. The quantitative estimate of drug-likeness (QED) is 0.893. The molecule has 0 unspecified atom stereocenters. The van der Waals surface area contributed by atoms with E-state index in [1.165, 1.54) is 0 Å². The van der Waals surface area contributed by atoms with Crippen molar-refractivity contribution in [2.24, 2.45) is 0 Å². The first kappa shape index (κ1) is 13.1. The number of rotatable bonds is 4. The van der Waals surface area contributed by atoms with Crippen molar-refractivity contribution in [2.75, 3.05) is 7.05 Å². The largest absolute Gasteiger partial charge is 0.341 e. The molecule has 0 bridgehead atoms. The molecule has 0 aromatic heterocycles. The van der Waals surface area contributed by atoms with Gasteiger partial charge in [-0.1, -0.05) is 60.7 Å². The molecular weight excluding hydrogens is 236 g/mol. The normalized spacial score (nSPS) is 9.95. The fourth-order valence-corrected chi connectivity index (χ4v) is 1.97. The van der Waals surface area contributed by atoms with Gasteiger partial charge in [-0.25, -0.2) is 4.79 Å². The molecule has 0 saturated carbocycles. The smallest absolute Gasteiger partial charge is 0.317 e. The van der Waals surface area contributed by atoms with E-state index in [0.29, 0.717) is 13.1 Å². The van der Waals surface area contributed by atoms with Gasteiger partial charge in [0.2, 0.25) is 0 Å². The SMILES string of the molecule is CNC(=O)N(Cc1ccccc1)Cc1ccccc1. The molecule has 0 spiro atoms. The minimum absolute atomic E-state index is 0.0623. The Morgan fingerprint density at radius 1 is 0.895 bits per heavy atom. The highest BCUT2D eigenvalue weighted by atomic mass is 16.2. The fourth-order valence-electron chi connectivity index (χ4n) is 1.97. The number of hydrogen-bond acceptors (Lipinski definition) is 1. The van der Waals surface area contributed by atoms with Gasteiger partial charge >= 0.3 is 6.03 Å². The van der Waals surface area contributed by atoms with E-state index < -0.39 is 0 Å². The molecule has 3 heteroatoms. The molecule has 2 rings (SSSR count). The number of urea groups is 1. The van der Waals surface area contributed by atoms with E-state index >= 15 is 0 Å². The third kappa shape index (κ3) is 3.85. The van der Waals surface area contributed by atoms with Crippen molar-refractivity contribution in [3.8, 4) is 0 Å². The van der Waals surface area contributed by atoms with Gasteiger partial charge in [0.05, 0.1) is 0 Å². The summed E-state index contributed by atoms with van der Waals surface area (Å²) in [5.41, 5.74) is 2.25. The lowest BCUT2D eigenvalue weighted by Crippen LogP contribution is -2.37. The van der Waals surface area contributed by atoms with E-state index in [2.05, 4.69) is 5.32 Å². The Kier molecular flexibility index (Phi) is 4.56. The van der Waals surface area contributed by atoms with Crippen molar-refractivity contribution >= 4 is 6.03 Å². The Bertz CT molecular complexity index is 469. The second-order valence-electron chi connectivity index (χ2n) is 4.38. The van der Waals surface area contributed by atoms with Crippen LogP contribution in [0.25, 0.3) is 0 Å². The molecule has 2 amide bonds. The minimum Gasteiger partial charge on any atom is -0.341 e. The Morgan fingerprint density at radius 3 is 1.68 bits per heavy atom. The molecule has 0 fully saturated rings. The highest BCUT2D eigenvalue weighted by Crippen LogP contribution is 2.10. The summed E-state index contributed by atoms with van der Waals surface area (Å²) in [6.07, 6.45) is 0. The first-order valence-corrected chi connectivity index (χ1v) is 6.34. The van der Waals surface area contributed by atoms with Crippen LogP contribution in [0.2, 0.25) is 0 Å². The zero-order valence-electron chi connectivity index (χ0n) is 11.0. The second-order valence-corrected chi connectivity index (χ2v) is 4.38. The van der Waals surface area contributed by atoms with E-state index in [1.807, 2.05) is 60.7 Å². The lowest BCUT2D eigenvalue weighted by atomic mass is 10.2. The van der Waals surface area contributed by atoms with Crippen molar-refractivity contribution in [1.29, 1.82) is 0 Å². The molecular formula is C16H18N2O. The van der Waals surface area contributed by atoms with Crippen LogP contribution in [0.3, 0.4) is 0 Å². The fraction of sp³-hybridized carbons (Fsp3) is 0.188. The lowest BCUT2D eigenvalue weighted by molar-refractivity contribution is 0.194. The molecule has 0 aliphatic heterocycles. The van der Waals surface area contributed by atoms with Crippen LogP contribution in [0.4, 0.5) is 4.79 Å². The third-order valence-corrected chi connectivity index (χ3v) is 2.93. The van der Waals surface area contributed by atoms with E-state index in [-0.39, 0.29) is 6.03 Å². The van der Waals surface area contributed by atoms with Gasteiger partial charge in [0.1, 0.15) is 0 Å². The Hall–Kier alpha value is -2.29. The average Bonchev–Trinajstić information content (AvgIpc) is 2.48. The topological polar surface area (TPSA) is 32.3 Å². The van der Waals surface area contributed by atoms with Crippen LogP contribution in [-0.4, -0.2) is 18.0 Å². The van der Waals surface area contributed by atoms with Crippen molar-refractivity contribution in [2.45, 2.75) is 13.1 Å². The van der Waals surface area contributed by atoms with Gasteiger partial charge in [-0.3, -0.25) is 0 Å². The summed E-state index contributed by atoms with van der Waals surface area (Å²) in [6, 6.07) is 20.0. The number of carbonyl (C=O) groups excluding carboxylic acids is 1. The van der Waals surface area contributed by atoms with Gasteiger partial charge in [-0.05, 0) is 11.1 Å². The maximum atomic E-state index is 11.9. The van der Waals surface area contributed by atoms with Gasteiger partial charge in [0.15, 0.2) is 0 Å². The van der Waals surface area contributed by atoms with Gasteiger partial charge < -0.3 is 10.2 Å². The van der Waals surface area contributed by atoms with Gasteiger partial charge in [0, 0.05) is 20.1 Å². The van der Waals surface area contributed by atoms with Gasteiger partial charge in [-0.15, -0.1) is 0 Å². The molecule has 0 aliphatic carbocycles. The molecule has 1 N–H and O–H groups in total. The van der Waals surface area contributed by atoms with Crippen molar-refractivity contribution < 1.29 is 4.79 Å². The summed E-state index contributed by atoms with van der Waals surface area (Å²) in [4.78, 5) is 13.7. The number of benzene rings is 2. The molecule has 0 saturated heterocycles.